The molecule has 0 N–H and O–H groups in total. The highest BCUT2D eigenvalue weighted by atomic mass is 19.1. The summed E-state index contributed by atoms with van der Waals surface area (Å²) in [6.07, 6.45) is 0.534. The maximum atomic E-state index is 14.1. The largest absolute Gasteiger partial charge is 0.497 e. The van der Waals surface area contributed by atoms with Gasteiger partial charge in [-0.05, 0) is 53.1 Å². The molecule has 6 nitrogen and oxygen atoms in total. The van der Waals surface area contributed by atoms with Crippen LogP contribution in [0.4, 0.5) is 4.39 Å². The van der Waals surface area contributed by atoms with Crippen LogP contribution in [0.3, 0.4) is 0 Å². The topological polar surface area (TPSA) is 48.4 Å². The van der Waals surface area contributed by atoms with Gasteiger partial charge in [0.1, 0.15) is 11.6 Å². The Labute approximate surface area is 211 Å². The molecular weight excluding hydrogens is 455 g/mol. The highest BCUT2D eigenvalue weighted by Crippen LogP contribution is 2.33. The number of ether oxygens (including phenoxy) is 1. The molecule has 7 heteroatoms. The number of carbonyl (C=O) groups is 1. The summed E-state index contributed by atoms with van der Waals surface area (Å²) in [6, 6.07) is 24.3. The van der Waals surface area contributed by atoms with E-state index in [-0.39, 0.29) is 17.8 Å². The molecule has 186 valence electrons. The number of hydrogen-bond donors (Lipinski definition) is 0. The first kappa shape index (κ1) is 24.2. The van der Waals surface area contributed by atoms with E-state index in [0.29, 0.717) is 13.0 Å². The molecule has 3 aromatic rings. The second-order valence-electron chi connectivity index (χ2n) is 9.33. The molecule has 0 aliphatic carbocycles. The van der Waals surface area contributed by atoms with E-state index in [1.54, 1.807) is 18.2 Å². The van der Waals surface area contributed by atoms with E-state index in [9.17, 15) is 9.18 Å². The number of rotatable bonds is 7. The highest BCUT2D eigenvalue weighted by molar-refractivity contribution is 6.03. The van der Waals surface area contributed by atoms with Crippen LogP contribution >= 0.6 is 0 Å². The smallest absolute Gasteiger partial charge is 0.257 e. The average molecular weight is 487 g/mol. The minimum atomic E-state index is -0.329. The third-order valence-corrected chi connectivity index (χ3v) is 6.90. The van der Waals surface area contributed by atoms with Crippen molar-refractivity contribution in [3.63, 3.8) is 0 Å². The fraction of sp³-hybridized carbons (Fsp3) is 0.310. The summed E-state index contributed by atoms with van der Waals surface area (Å²) in [7, 11) is 1.63. The van der Waals surface area contributed by atoms with E-state index in [4.69, 9.17) is 9.84 Å². The maximum absolute atomic E-state index is 14.1. The van der Waals surface area contributed by atoms with Crippen molar-refractivity contribution < 1.29 is 13.9 Å². The quantitative estimate of drug-likeness (QED) is 0.499. The normalized spacial score (nSPS) is 18.8. The number of carbonyl (C=O) groups excluding carboxylic acids is 1. The second kappa shape index (κ2) is 11.0. The predicted octanol–water partition coefficient (Wildman–Crippen LogP) is 4.33. The van der Waals surface area contributed by atoms with Crippen LogP contribution in [0.15, 0.2) is 84.0 Å². The van der Waals surface area contributed by atoms with Gasteiger partial charge in [-0.2, -0.15) is 5.10 Å². The molecule has 2 aliphatic rings. The molecule has 2 aliphatic heterocycles. The number of hydrazone groups is 1. The molecule has 1 fully saturated rings. The molecule has 0 radical (unpaired) electrons. The van der Waals surface area contributed by atoms with Crippen LogP contribution in [0.1, 0.15) is 29.2 Å². The lowest BCUT2D eigenvalue weighted by Gasteiger charge is -2.35. The van der Waals surface area contributed by atoms with Gasteiger partial charge in [0.2, 0.25) is 0 Å². The molecule has 0 spiro atoms. The Bertz CT molecular complexity index is 1210. The summed E-state index contributed by atoms with van der Waals surface area (Å²) >= 11 is 0. The van der Waals surface area contributed by atoms with Gasteiger partial charge in [0.15, 0.2) is 0 Å². The third kappa shape index (κ3) is 5.64. The summed E-state index contributed by atoms with van der Waals surface area (Å²) in [5.74, 6) is 0.384. The Morgan fingerprint density at radius 2 is 1.67 bits per heavy atom. The monoisotopic (exact) mass is 486 g/mol. The number of hydrogen-bond acceptors (Lipinski definition) is 5. The molecule has 1 saturated heterocycles. The van der Waals surface area contributed by atoms with Crippen LogP contribution in [0, 0.1) is 5.82 Å². The van der Waals surface area contributed by atoms with Gasteiger partial charge >= 0.3 is 0 Å². The third-order valence-electron chi connectivity index (χ3n) is 6.90. The zero-order valence-corrected chi connectivity index (χ0v) is 20.5. The first-order valence-electron chi connectivity index (χ1n) is 12.4. The van der Waals surface area contributed by atoms with Gasteiger partial charge in [-0.25, -0.2) is 9.40 Å². The summed E-state index contributed by atoms with van der Waals surface area (Å²) in [4.78, 5) is 18.1. The summed E-state index contributed by atoms with van der Waals surface area (Å²) in [5.41, 5.74) is 3.80. The number of benzene rings is 3. The van der Waals surface area contributed by atoms with Crippen molar-refractivity contribution in [3.8, 4) is 5.75 Å². The van der Waals surface area contributed by atoms with Crippen molar-refractivity contribution >= 4 is 11.6 Å². The maximum Gasteiger partial charge on any atom is 0.257 e. The van der Waals surface area contributed by atoms with E-state index in [1.807, 2.05) is 36.4 Å². The molecule has 1 amide bonds. The van der Waals surface area contributed by atoms with Crippen molar-refractivity contribution in [2.45, 2.75) is 19.0 Å². The number of halogens is 1. The van der Waals surface area contributed by atoms with Gasteiger partial charge in [0.25, 0.3) is 5.91 Å². The molecule has 1 atom stereocenters. The molecule has 3 aromatic carbocycles. The number of methoxy groups -OCH3 is 1. The first-order chi connectivity index (χ1) is 17.6. The molecule has 2 heterocycles. The van der Waals surface area contributed by atoms with Crippen LogP contribution in [0.25, 0.3) is 0 Å². The lowest BCUT2D eigenvalue weighted by Crippen LogP contribution is -2.49. The van der Waals surface area contributed by atoms with Crippen molar-refractivity contribution in [1.82, 2.24) is 14.8 Å². The van der Waals surface area contributed by atoms with E-state index in [1.165, 1.54) is 17.7 Å². The van der Waals surface area contributed by atoms with Gasteiger partial charge in [0, 0.05) is 39.1 Å². The van der Waals surface area contributed by atoms with Crippen LogP contribution in [0.2, 0.25) is 0 Å². The highest BCUT2D eigenvalue weighted by Gasteiger charge is 2.34. The molecule has 0 bridgehead atoms. The second-order valence-corrected chi connectivity index (χ2v) is 9.33. The Balaban J connectivity index is 1.27. The van der Waals surface area contributed by atoms with Gasteiger partial charge in [-0.1, -0.05) is 42.5 Å². The Kier molecular flexibility index (Phi) is 7.39. The average Bonchev–Trinajstić information content (AvgIpc) is 3.36. The molecular formula is C29H31FN4O2. The number of piperazine rings is 1. The Hall–Kier alpha value is -3.55. The number of amides is 1. The van der Waals surface area contributed by atoms with E-state index < -0.39 is 0 Å². The van der Waals surface area contributed by atoms with E-state index >= 15 is 0 Å². The predicted molar refractivity (Wildman–Crippen MR) is 138 cm³/mol. The van der Waals surface area contributed by atoms with Gasteiger partial charge in [-0.15, -0.1) is 0 Å². The fourth-order valence-corrected chi connectivity index (χ4v) is 4.88. The van der Waals surface area contributed by atoms with Crippen molar-refractivity contribution in [2.75, 3.05) is 39.8 Å². The lowest BCUT2D eigenvalue weighted by atomic mass is 9.98. The van der Waals surface area contributed by atoms with Crippen LogP contribution in [-0.2, 0) is 11.3 Å². The Morgan fingerprint density at radius 3 is 2.36 bits per heavy atom. The molecule has 0 saturated carbocycles. The van der Waals surface area contributed by atoms with E-state index in [0.717, 1.165) is 55.3 Å². The molecule has 5 rings (SSSR count). The molecule has 1 unspecified atom stereocenters. The van der Waals surface area contributed by atoms with Crippen molar-refractivity contribution in [2.24, 2.45) is 5.10 Å². The first-order valence-corrected chi connectivity index (χ1v) is 12.4. The summed E-state index contributed by atoms with van der Waals surface area (Å²) in [6.45, 7) is 4.69. The number of nitrogens with zero attached hydrogens (tertiary/aromatic N) is 4. The van der Waals surface area contributed by atoms with Gasteiger partial charge in [0.05, 0.1) is 25.4 Å². The minimum Gasteiger partial charge on any atom is -0.497 e. The van der Waals surface area contributed by atoms with Gasteiger partial charge < -0.3 is 4.74 Å². The zero-order valence-electron chi connectivity index (χ0n) is 20.5. The summed E-state index contributed by atoms with van der Waals surface area (Å²) in [5, 5.41) is 6.30. The SMILES string of the molecule is COc1ccc(C2=NN(C(=O)CN3CCN(Cc4ccccc4)CC3)C(c3cccc(F)c3)C2)cc1. The zero-order chi connectivity index (χ0) is 24.9. The summed E-state index contributed by atoms with van der Waals surface area (Å²) < 4.78 is 19.3. The van der Waals surface area contributed by atoms with Crippen molar-refractivity contribution in [3.05, 3.63) is 101 Å². The molecule has 36 heavy (non-hydrogen) atoms. The minimum absolute atomic E-state index is 0.0655. The van der Waals surface area contributed by atoms with E-state index in [2.05, 4.69) is 34.1 Å². The Morgan fingerprint density at radius 1 is 0.944 bits per heavy atom. The van der Waals surface area contributed by atoms with Crippen LogP contribution in [-0.4, -0.2) is 66.3 Å². The lowest BCUT2D eigenvalue weighted by molar-refractivity contribution is -0.134. The standard InChI is InChI=1S/C29H31FN4O2/c1-36-26-12-10-23(11-13-26)27-19-28(24-8-5-9-25(30)18-24)34(31-27)29(35)21-33-16-14-32(15-17-33)20-22-6-3-2-4-7-22/h2-13,18,28H,14-17,19-21H2,1H3. The fourth-order valence-electron chi connectivity index (χ4n) is 4.88. The van der Waals surface area contributed by atoms with Crippen LogP contribution in [0.5, 0.6) is 5.75 Å². The van der Waals surface area contributed by atoms with Gasteiger partial charge in [-0.3, -0.25) is 14.6 Å². The van der Waals surface area contributed by atoms with Crippen LogP contribution < -0.4 is 4.74 Å². The van der Waals surface area contributed by atoms with Crippen molar-refractivity contribution in [1.29, 1.82) is 0 Å². The molecule has 0 aromatic heterocycles.